The van der Waals surface area contributed by atoms with E-state index in [1.807, 2.05) is 0 Å². The van der Waals surface area contributed by atoms with E-state index in [1.54, 1.807) is 6.92 Å². The Morgan fingerprint density at radius 1 is 1.67 bits per heavy atom. The Morgan fingerprint density at radius 2 is 2.17 bits per heavy atom. The quantitative estimate of drug-likeness (QED) is 0.460. The Balaban J connectivity index is 4.17. The molecule has 0 saturated heterocycles. The minimum atomic E-state index is -1.26. The van der Waals surface area contributed by atoms with Crippen molar-refractivity contribution in [3.05, 3.63) is 0 Å². The van der Waals surface area contributed by atoms with Crippen molar-refractivity contribution >= 4 is 27.6 Å². The third-order valence-corrected chi connectivity index (χ3v) is 1.95. The molecule has 5 heteroatoms. The van der Waals surface area contributed by atoms with Crippen LogP contribution in [-0.4, -0.2) is 27.7 Å². The normalized spacial score (nSPS) is 12.8. The number of carboxylic acids is 1. The Kier molecular flexibility index (Phi) is 4.23. The molecule has 0 atom stereocenters. The maximum atomic E-state index is 10.5. The molecule has 0 aromatic rings. The van der Waals surface area contributed by atoms with Crippen LogP contribution in [0.2, 0.25) is 0 Å². The molecule has 0 spiro atoms. The van der Waals surface area contributed by atoms with Gasteiger partial charge in [-0.3, -0.25) is 0 Å². The highest BCUT2D eigenvalue weighted by molar-refractivity contribution is 9.09. The number of halogens is 1. The molecule has 0 heterocycles. The van der Waals surface area contributed by atoms with Crippen molar-refractivity contribution in [2.75, 3.05) is 5.33 Å². The van der Waals surface area contributed by atoms with Crippen molar-refractivity contribution in [1.82, 2.24) is 0 Å². The molecule has 70 valence electrons. The number of carboxylic acid groups (broad SMARTS) is 1. The Bertz CT molecular complexity index is 201. The fourth-order valence-corrected chi connectivity index (χ4v) is 0.358. The molecule has 12 heavy (non-hydrogen) atoms. The summed E-state index contributed by atoms with van der Waals surface area (Å²) in [6.07, 6.45) is 0. The van der Waals surface area contributed by atoms with Gasteiger partial charge in [-0.05, 0) is 20.8 Å². The predicted octanol–water partition coefficient (Wildman–Crippen LogP) is 1.64. The van der Waals surface area contributed by atoms with Gasteiger partial charge in [0.15, 0.2) is 0 Å². The van der Waals surface area contributed by atoms with Gasteiger partial charge in [-0.15, -0.1) is 0 Å². The van der Waals surface area contributed by atoms with Crippen molar-refractivity contribution < 1.29 is 14.7 Å². The smallest absolute Gasteiger partial charge is 0.350 e. The van der Waals surface area contributed by atoms with Crippen LogP contribution in [0, 0.1) is 0 Å². The number of rotatable bonds is 4. The molecular formula is C7H12BrNO3. The first-order valence-corrected chi connectivity index (χ1v) is 4.53. The highest BCUT2D eigenvalue weighted by atomic mass is 79.9. The average molecular weight is 238 g/mol. The lowest BCUT2D eigenvalue weighted by atomic mass is 10.1. The molecule has 4 nitrogen and oxygen atoms in total. The summed E-state index contributed by atoms with van der Waals surface area (Å²) in [5.74, 6) is -1.03. The van der Waals surface area contributed by atoms with Crippen molar-refractivity contribution in [3.8, 4) is 0 Å². The molecule has 1 N–H and O–H groups in total. The number of oxime groups is 1. The lowest BCUT2D eigenvalue weighted by Gasteiger charge is -2.16. The molecule has 0 fully saturated rings. The van der Waals surface area contributed by atoms with E-state index in [-0.39, 0.29) is 0 Å². The maximum Gasteiger partial charge on any atom is 0.350 e. The van der Waals surface area contributed by atoms with Crippen LogP contribution in [0.25, 0.3) is 0 Å². The second-order valence-electron chi connectivity index (χ2n) is 2.87. The van der Waals surface area contributed by atoms with Gasteiger partial charge in [0.05, 0.1) is 5.71 Å². The van der Waals surface area contributed by atoms with Gasteiger partial charge in [0.2, 0.25) is 5.60 Å². The first kappa shape index (κ1) is 11.4. The van der Waals surface area contributed by atoms with Crippen LogP contribution in [0.4, 0.5) is 0 Å². The number of hydrogen-bond acceptors (Lipinski definition) is 3. The standard InChI is InChI=1S/C7H12BrNO3/c1-5(4-8)9-12-7(2,3)6(10)11/h4H2,1-3H3,(H,10,11)/b9-5+. The van der Waals surface area contributed by atoms with E-state index in [0.29, 0.717) is 11.0 Å². The third kappa shape index (κ3) is 3.71. The zero-order valence-electron chi connectivity index (χ0n) is 7.30. The van der Waals surface area contributed by atoms with E-state index in [0.717, 1.165) is 0 Å². The summed E-state index contributed by atoms with van der Waals surface area (Å²) >= 11 is 3.16. The number of hydrogen-bond donors (Lipinski definition) is 1. The van der Waals surface area contributed by atoms with E-state index in [9.17, 15) is 4.79 Å². The molecule has 0 saturated carbocycles. The van der Waals surface area contributed by atoms with Gasteiger partial charge in [0.25, 0.3) is 0 Å². The molecule has 0 aliphatic rings. The Hall–Kier alpha value is -0.580. The second kappa shape index (κ2) is 4.45. The fourth-order valence-electron chi connectivity index (χ4n) is 0.255. The molecule has 0 aliphatic carbocycles. The molecule has 0 unspecified atom stereocenters. The van der Waals surface area contributed by atoms with E-state index in [2.05, 4.69) is 21.1 Å². The van der Waals surface area contributed by atoms with Crippen molar-refractivity contribution in [3.63, 3.8) is 0 Å². The lowest BCUT2D eigenvalue weighted by molar-refractivity contribution is -0.161. The van der Waals surface area contributed by atoms with Crippen molar-refractivity contribution in [2.24, 2.45) is 5.16 Å². The van der Waals surface area contributed by atoms with Crippen LogP contribution in [0.5, 0.6) is 0 Å². The monoisotopic (exact) mass is 237 g/mol. The van der Waals surface area contributed by atoms with Crippen LogP contribution in [-0.2, 0) is 9.63 Å². The van der Waals surface area contributed by atoms with Gasteiger partial charge in [-0.25, -0.2) is 4.79 Å². The zero-order chi connectivity index (χ0) is 9.78. The largest absolute Gasteiger partial charge is 0.478 e. The first-order chi connectivity index (χ1) is 5.40. The van der Waals surface area contributed by atoms with Gasteiger partial charge in [0, 0.05) is 5.33 Å². The average Bonchev–Trinajstić information content (AvgIpc) is 2.00. The minimum Gasteiger partial charge on any atom is -0.478 e. The topological polar surface area (TPSA) is 58.9 Å². The van der Waals surface area contributed by atoms with E-state index < -0.39 is 11.6 Å². The SMILES string of the molecule is C/C(CBr)=N\OC(C)(C)C(=O)O. The van der Waals surface area contributed by atoms with Gasteiger partial charge in [0.1, 0.15) is 0 Å². The summed E-state index contributed by atoms with van der Waals surface area (Å²) in [7, 11) is 0. The zero-order valence-corrected chi connectivity index (χ0v) is 8.88. The number of nitrogens with zero attached hydrogens (tertiary/aromatic N) is 1. The Morgan fingerprint density at radius 3 is 2.50 bits per heavy atom. The molecule has 0 bridgehead atoms. The summed E-state index contributed by atoms with van der Waals surface area (Å²) in [5, 5.41) is 12.8. The molecule has 0 amide bonds. The number of aliphatic carboxylic acids is 1. The molecular weight excluding hydrogens is 226 g/mol. The van der Waals surface area contributed by atoms with Crippen LogP contribution in [0.3, 0.4) is 0 Å². The maximum absolute atomic E-state index is 10.5. The van der Waals surface area contributed by atoms with Gasteiger partial charge in [-0.1, -0.05) is 21.1 Å². The summed E-state index contributed by atoms with van der Waals surface area (Å²) in [4.78, 5) is 15.3. The number of alkyl halides is 1. The second-order valence-corrected chi connectivity index (χ2v) is 3.43. The highest BCUT2D eigenvalue weighted by Gasteiger charge is 2.29. The first-order valence-electron chi connectivity index (χ1n) is 3.41. The fraction of sp³-hybridized carbons (Fsp3) is 0.714. The van der Waals surface area contributed by atoms with Crippen LogP contribution < -0.4 is 0 Å². The van der Waals surface area contributed by atoms with Crippen LogP contribution in [0.15, 0.2) is 5.16 Å². The van der Waals surface area contributed by atoms with Crippen LogP contribution >= 0.6 is 15.9 Å². The summed E-state index contributed by atoms with van der Waals surface area (Å²) in [5.41, 5.74) is -0.562. The van der Waals surface area contributed by atoms with Crippen molar-refractivity contribution in [1.29, 1.82) is 0 Å². The summed E-state index contributed by atoms with van der Waals surface area (Å²) in [6, 6.07) is 0. The molecule has 0 aromatic heterocycles. The third-order valence-electron chi connectivity index (χ3n) is 1.14. The van der Waals surface area contributed by atoms with Gasteiger partial charge >= 0.3 is 5.97 Å². The van der Waals surface area contributed by atoms with E-state index >= 15 is 0 Å². The van der Waals surface area contributed by atoms with Gasteiger partial charge < -0.3 is 9.94 Å². The number of carbonyl (C=O) groups is 1. The summed E-state index contributed by atoms with van der Waals surface area (Å²) in [6.45, 7) is 4.63. The Labute approximate surface area is 79.7 Å². The molecule has 0 aromatic carbocycles. The van der Waals surface area contributed by atoms with Gasteiger partial charge in [-0.2, -0.15) is 0 Å². The van der Waals surface area contributed by atoms with E-state index in [1.165, 1.54) is 13.8 Å². The summed E-state index contributed by atoms with van der Waals surface area (Å²) < 4.78 is 0. The van der Waals surface area contributed by atoms with E-state index in [4.69, 9.17) is 9.94 Å². The molecule has 0 radical (unpaired) electrons. The van der Waals surface area contributed by atoms with Crippen LogP contribution in [0.1, 0.15) is 20.8 Å². The van der Waals surface area contributed by atoms with Crippen molar-refractivity contribution in [2.45, 2.75) is 26.4 Å². The highest BCUT2D eigenvalue weighted by Crippen LogP contribution is 2.09. The molecule has 0 rings (SSSR count). The predicted molar refractivity (Wildman–Crippen MR) is 49.7 cm³/mol. The molecule has 0 aliphatic heterocycles. The minimum absolute atomic E-state index is 0.572. The lowest BCUT2D eigenvalue weighted by Crippen LogP contribution is -2.33.